The summed E-state index contributed by atoms with van der Waals surface area (Å²) in [6.07, 6.45) is 2.16. The fraction of sp³-hybridized carbons (Fsp3) is 0.875. The van der Waals surface area contributed by atoms with E-state index in [0.717, 1.165) is 25.9 Å². The SMILES string of the molecule is CC(CC(=O)O)C1CCCN(C(=O)N(C)CC(C)(C)C)C1. The second-order valence-corrected chi connectivity index (χ2v) is 7.62. The molecule has 0 saturated carbocycles. The van der Waals surface area contributed by atoms with Crippen LogP contribution >= 0.6 is 0 Å². The molecule has 1 aliphatic heterocycles. The molecule has 1 heterocycles. The van der Waals surface area contributed by atoms with E-state index < -0.39 is 5.97 Å². The van der Waals surface area contributed by atoms with Gasteiger partial charge in [0.05, 0.1) is 0 Å². The lowest BCUT2D eigenvalue weighted by Crippen LogP contribution is -2.49. The number of piperidine rings is 1. The van der Waals surface area contributed by atoms with Crippen LogP contribution in [0.4, 0.5) is 4.79 Å². The number of amides is 2. The molecule has 2 amide bonds. The number of likely N-dealkylation sites (tertiary alicyclic amines) is 1. The molecule has 0 aromatic heterocycles. The van der Waals surface area contributed by atoms with Gasteiger partial charge in [-0.05, 0) is 30.1 Å². The first kappa shape index (κ1) is 17.8. The normalized spacial score (nSPS) is 21.0. The number of carbonyl (C=O) groups is 2. The second kappa shape index (κ2) is 7.14. The van der Waals surface area contributed by atoms with E-state index in [2.05, 4.69) is 20.8 Å². The van der Waals surface area contributed by atoms with Crippen LogP contribution in [-0.4, -0.2) is 53.6 Å². The number of hydrogen-bond acceptors (Lipinski definition) is 2. The highest BCUT2D eigenvalue weighted by Crippen LogP contribution is 2.27. The first-order valence-electron chi connectivity index (χ1n) is 7.82. The first-order chi connectivity index (χ1) is 9.60. The molecule has 0 aromatic rings. The molecule has 1 saturated heterocycles. The molecule has 1 rings (SSSR count). The molecule has 2 unspecified atom stereocenters. The Kier molecular flexibility index (Phi) is 6.05. The summed E-state index contributed by atoms with van der Waals surface area (Å²) in [5.41, 5.74) is 0.0796. The fourth-order valence-electron chi connectivity index (χ4n) is 3.11. The topological polar surface area (TPSA) is 60.9 Å². The van der Waals surface area contributed by atoms with E-state index in [9.17, 15) is 9.59 Å². The molecule has 5 heteroatoms. The quantitative estimate of drug-likeness (QED) is 0.868. The van der Waals surface area contributed by atoms with Crippen molar-refractivity contribution >= 4 is 12.0 Å². The van der Waals surface area contributed by atoms with E-state index in [1.807, 2.05) is 18.9 Å². The smallest absolute Gasteiger partial charge is 0.319 e. The Morgan fingerprint density at radius 1 is 1.38 bits per heavy atom. The zero-order chi connectivity index (χ0) is 16.2. The van der Waals surface area contributed by atoms with Crippen molar-refractivity contribution in [3.05, 3.63) is 0 Å². The standard InChI is InChI=1S/C16H30N2O3/c1-12(9-14(19)20)13-7-6-8-18(10-13)15(21)17(5)11-16(2,3)4/h12-13H,6-11H2,1-5H3,(H,19,20). The van der Waals surface area contributed by atoms with E-state index in [1.54, 1.807) is 4.90 Å². The molecule has 0 spiro atoms. The summed E-state index contributed by atoms with van der Waals surface area (Å²) in [7, 11) is 1.85. The van der Waals surface area contributed by atoms with Crippen LogP contribution < -0.4 is 0 Å². The van der Waals surface area contributed by atoms with Crippen LogP contribution in [0.5, 0.6) is 0 Å². The lowest BCUT2D eigenvalue weighted by molar-refractivity contribution is -0.138. The number of urea groups is 1. The second-order valence-electron chi connectivity index (χ2n) is 7.62. The fourth-order valence-corrected chi connectivity index (χ4v) is 3.11. The predicted octanol–water partition coefficient (Wildman–Crippen LogP) is 2.91. The van der Waals surface area contributed by atoms with Gasteiger partial charge in [-0.15, -0.1) is 0 Å². The summed E-state index contributed by atoms with van der Waals surface area (Å²) in [5.74, 6) is -0.344. The number of carboxylic acids is 1. The summed E-state index contributed by atoms with van der Waals surface area (Å²) in [4.78, 5) is 27.0. The number of rotatable bonds is 4. The molecule has 1 N–H and O–H groups in total. The molecule has 5 nitrogen and oxygen atoms in total. The minimum absolute atomic E-state index is 0.0668. The monoisotopic (exact) mass is 298 g/mol. The lowest BCUT2D eigenvalue weighted by Gasteiger charge is -2.38. The molecule has 2 atom stereocenters. The van der Waals surface area contributed by atoms with Crippen molar-refractivity contribution in [1.82, 2.24) is 9.80 Å². The number of nitrogens with zero attached hydrogens (tertiary/aromatic N) is 2. The van der Waals surface area contributed by atoms with Crippen molar-refractivity contribution in [2.24, 2.45) is 17.3 Å². The maximum absolute atomic E-state index is 12.5. The van der Waals surface area contributed by atoms with Crippen LogP contribution in [0.1, 0.15) is 47.0 Å². The van der Waals surface area contributed by atoms with Crippen molar-refractivity contribution in [2.75, 3.05) is 26.7 Å². The number of carboxylic acid groups (broad SMARTS) is 1. The van der Waals surface area contributed by atoms with Gasteiger partial charge in [0.2, 0.25) is 0 Å². The third-order valence-electron chi connectivity index (χ3n) is 4.07. The summed E-state index contributed by atoms with van der Waals surface area (Å²) >= 11 is 0. The molecule has 1 fully saturated rings. The summed E-state index contributed by atoms with van der Waals surface area (Å²) in [6, 6.07) is 0.0668. The van der Waals surface area contributed by atoms with Gasteiger partial charge in [0, 0.05) is 33.1 Å². The van der Waals surface area contributed by atoms with E-state index in [0.29, 0.717) is 12.5 Å². The summed E-state index contributed by atoms with van der Waals surface area (Å²) in [6.45, 7) is 10.5. The van der Waals surface area contributed by atoms with Crippen molar-refractivity contribution in [2.45, 2.75) is 47.0 Å². The van der Waals surface area contributed by atoms with Crippen LogP contribution in [0.25, 0.3) is 0 Å². The van der Waals surface area contributed by atoms with Gasteiger partial charge in [-0.1, -0.05) is 27.7 Å². The Morgan fingerprint density at radius 3 is 2.52 bits per heavy atom. The minimum atomic E-state index is -0.754. The van der Waals surface area contributed by atoms with Gasteiger partial charge in [-0.3, -0.25) is 4.79 Å². The van der Waals surface area contributed by atoms with E-state index in [-0.39, 0.29) is 23.8 Å². The van der Waals surface area contributed by atoms with Gasteiger partial charge in [0.1, 0.15) is 0 Å². The minimum Gasteiger partial charge on any atom is -0.481 e. The summed E-state index contributed by atoms with van der Waals surface area (Å²) < 4.78 is 0. The molecule has 1 aliphatic rings. The molecule has 122 valence electrons. The van der Waals surface area contributed by atoms with Crippen molar-refractivity contribution in [3.8, 4) is 0 Å². The van der Waals surface area contributed by atoms with Gasteiger partial charge >= 0.3 is 12.0 Å². The number of hydrogen-bond donors (Lipinski definition) is 1. The van der Waals surface area contributed by atoms with E-state index in [4.69, 9.17) is 5.11 Å². The van der Waals surface area contributed by atoms with Crippen LogP contribution in [0.3, 0.4) is 0 Å². The van der Waals surface area contributed by atoms with Gasteiger partial charge < -0.3 is 14.9 Å². The van der Waals surface area contributed by atoms with Crippen LogP contribution in [0.15, 0.2) is 0 Å². The molecular weight excluding hydrogens is 268 g/mol. The molecule has 21 heavy (non-hydrogen) atoms. The zero-order valence-electron chi connectivity index (χ0n) is 14.1. The van der Waals surface area contributed by atoms with Crippen LogP contribution in [-0.2, 0) is 4.79 Å². The Morgan fingerprint density at radius 2 is 2.00 bits per heavy atom. The lowest BCUT2D eigenvalue weighted by atomic mass is 9.85. The largest absolute Gasteiger partial charge is 0.481 e. The van der Waals surface area contributed by atoms with Crippen molar-refractivity contribution in [1.29, 1.82) is 0 Å². The van der Waals surface area contributed by atoms with Crippen LogP contribution in [0.2, 0.25) is 0 Å². The number of carbonyl (C=O) groups excluding carboxylic acids is 1. The summed E-state index contributed by atoms with van der Waals surface area (Å²) in [5, 5.41) is 8.92. The third-order valence-corrected chi connectivity index (χ3v) is 4.07. The van der Waals surface area contributed by atoms with E-state index in [1.165, 1.54) is 0 Å². The van der Waals surface area contributed by atoms with Gasteiger partial charge in [-0.25, -0.2) is 4.79 Å². The molecule has 0 aliphatic carbocycles. The van der Waals surface area contributed by atoms with Gasteiger partial charge in [-0.2, -0.15) is 0 Å². The highest BCUT2D eigenvalue weighted by Gasteiger charge is 2.30. The average Bonchev–Trinajstić information content (AvgIpc) is 2.35. The molecular formula is C16H30N2O3. The third kappa shape index (κ3) is 5.94. The molecule has 0 bridgehead atoms. The Bertz CT molecular complexity index is 376. The zero-order valence-corrected chi connectivity index (χ0v) is 14.1. The molecule has 0 aromatic carbocycles. The maximum atomic E-state index is 12.5. The van der Waals surface area contributed by atoms with Crippen molar-refractivity contribution in [3.63, 3.8) is 0 Å². The maximum Gasteiger partial charge on any atom is 0.319 e. The molecule has 0 radical (unpaired) electrons. The Labute approximate surface area is 128 Å². The average molecular weight is 298 g/mol. The predicted molar refractivity (Wildman–Crippen MR) is 83.2 cm³/mol. The van der Waals surface area contributed by atoms with Gasteiger partial charge in [0.25, 0.3) is 0 Å². The Balaban J connectivity index is 2.59. The highest BCUT2D eigenvalue weighted by atomic mass is 16.4. The highest BCUT2D eigenvalue weighted by molar-refractivity contribution is 5.74. The number of aliphatic carboxylic acids is 1. The van der Waals surface area contributed by atoms with Crippen LogP contribution in [0, 0.1) is 17.3 Å². The van der Waals surface area contributed by atoms with E-state index >= 15 is 0 Å². The van der Waals surface area contributed by atoms with Gasteiger partial charge in [0.15, 0.2) is 0 Å². The first-order valence-corrected chi connectivity index (χ1v) is 7.82. The van der Waals surface area contributed by atoms with Crippen molar-refractivity contribution < 1.29 is 14.7 Å². The Hall–Kier alpha value is -1.26.